The topological polar surface area (TPSA) is 81.7 Å². The van der Waals surface area contributed by atoms with E-state index in [0.717, 1.165) is 61.8 Å². The normalized spacial score (nSPS) is 20.4. The van der Waals surface area contributed by atoms with E-state index < -0.39 is 10.0 Å². The molecule has 2 aromatic rings. The lowest BCUT2D eigenvalue weighted by Gasteiger charge is -2.32. The second-order valence-corrected chi connectivity index (χ2v) is 10.4. The molecule has 27 heavy (non-hydrogen) atoms. The van der Waals surface area contributed by atoms with Gasteiger partial charge in [-0.15, -0.1) is 11.3 Å². The highest BCUT2D eigenvalue weighted by atomic mass is 35.5. The monoisotopic (exact) mass is 430 g/mol. The third-order valence-electron chi connectivity index (χ3n) is 4.97. The summed E-state index contributed by atoms with van der Waals surface area (Å²) in [6, 6.07) is 2.09. The molecule has 2 aliphatic heterocycles. The molecule has 8 nitrogen and oxygen atoms in total. The van der Waals surface area contributed by atoms with Crippen molar-refractivity contribution in [1.82, 2.24) is 24.5 Å². The number of anilines is 1. The number of nitrogens with zero attached hydrogens (tertiary/aromatic N) is 5. The number of hydrogen-bond donors (Lipinski definition) is 1. The number of rotatable bonds is 4. The summed E-state index contributed by atoms with van der Waals surface area (Å²) in [6.07, 6.45) is 1.27. The average molecular weight is 431 g/mol. The molecule has 0 saturated carbocycles. The Morgan fingerprint density at radius 2 is 1.85 bits per heavy atom. The van der Waals surface area contributed by atoms with Crippen molar-refractivity contribution in [2.75, 3.05) is 63.5 Å². The first-order valence-corrected chi connectivity index (χ1v) is 12.0. The lowest BCUT2D eigenvalue weighted by molar-refractivity contribution is 0.183. The molecule has 0 aliphatic carbocycles. The molecule has 0 amide bonds. The summed E-state index contributed by atoms with van der Waals surface area (Å²) in [5.41, 5.74) is 0.887. The molecule has 4 rings (SSSR count). The van der Waals surface area contributed by atoms with E-state index in [1.807, 2.05) is 0 Å². The van der Waals surface area contributed by atoms with E-state index in [9.17, 15) is 8.42 Å². The maximum absolute atomic E-state index is 11.7. The quantitative estimate of drug-likeness (QED) is 0.719. The number of fused-ring (bicyclic) bond motifs is 1. The summed E-state index contributed by atoms with van der Waals surface area (Å²) in [5.74, 6) is 0.921. The summed E-state index contributed by atoms with van der Waals surface area (Å²) in [4.78, 5) is 14.6. The van der Waals surface area contributed by atoms with Gasteiger partial charge in [0.05, 0.1) is 16.5 Å². The number of thiophene rings is 1. The smallest absolute Gasteiger partial charge is 0.224 e. The molecule has 1 N–H and O–H groups in total. The van der Waals surface area contributed by atoms with Crippen LogP contribution in [-0.4, -0.2) is 86.2 Å². The zero-order valence-electron chi connectivity index (χ0n) is 15.2. The summed E-state index contributed by atoms with van der Waals surface area (Å²) >= 11 is 7.88. The van der Waals surface area contributed by atoms with E-state index in [4.69, 9.17) is 11.6 Å². The predicted molar refractivity (Wildman–Crippen MR) is 109 cm³/mol. The molecule has 2 aliphatic rings. The molecule has 11 heteroatoms. The van der Waals surface area contributed by atoms with Gasteiger partial charge in [-0.1, -0.05) is 0 Å². The molecule has 4 heterocycles. The Morgan fingerprint density at radius 3 is 2.52 bits per heavy atom. The van der Waals surface area contributed by atoms with Crippen LogP contribution in [-0.2, 0) is 16.6 Å². The van der Waals surface area contributed by atoms with Gasteiger partial charge in [-0.3, -0.25) is 4.90 Å². The van der Waals surface area contributed by atoms with Gasteiger partial charge in [0.2, 0.25) is 15.3 Å². The highest BCUT2D eigenvalue weighted by Gasteiger charge is 2.24. The third-order valence-corrected chi connectivity index (χ3v) is 7.55. The van der Waals surface area contributed by atoms with Gasteiger partial charge >= 0.3 is 0 Å². The maximum Gasteiger partial charge on any atom is 0.224 e. The fraction of sp³-hybridized carbons (Fsp3) is 0.625. The highest BCUT2D eigenvalue weighted by molar-refractivity contribution is 7.88. The Bertz CT molecular complexity index is 920. The molecule has 2 aromatic heterocycles. The second-order valence-electron chi connectivity index (χ2n) is 6.92. The number of sulfonamides is 1. The van der Waals surface area contributed by atoms with E-state index >= 15 is 0 Å². The maximum atomic E-state index is 11.7. The van der Waals surface area contributed by atoms with Crippen molar-refractivity contribution < 1.29 is 8.42 Å². The van der Waals surface area contributed by atoms with Gasteiger partial charge < -0.3 is 10.2 Å². The number of nitrogens with one attached hydrogen (secondary N) is 1. The lowest BCUT2D eigenvalue weighted by Crippen LogP contribution is -2.47. The minimum absolute atomic E-state index is 0.280. The molecular weight excluding hydrogens is 408 g/mol. The molecule has 0 aromatic carbocycles. The minimum Gasteiger partial charge on any atom is -0.353 e. The van der Waals surface area contributed by atoms with Crippen LogP contribution in [0.3, 0.4) is 0 Å². The molecule has 0 unspecified atom stereocenters. The van der Waals surface area contributed by atoms with Crippen LogP contribution in [0.5, 0.6) is 0 Å². The minimum atomic E-state index is -3.10. The Hall–Kier alpha value is -1.04. The zero-order chi connectivity index (χ0) is 19.0. The van der Waals surface area contributed by atoms with Crippen molar-refractivity contribution >= 4 is 49.0 Å². The van der Waals surface area contributed by atoms with Crippen LogP contribution in [0.2, 0.25) is 5.28 Å². The average Bonchev–Trinajstić information content (AvgIpc) is 3.03. The second kappa shape index (κ2) is 7.76. The number of hydrogen-bond acceptors (Lipinski definition) is 8. The van der Waals surface area contributed by atoms with Gasteiger partial charge in [0.25, 0.3) is 0 Å². The van der Waals surface area contributed by atoms with Crippen molar-refractivity contribution in [3.8, 4) is 0 Å². The molecule has 148 valence electrons. The van der Waals surface area contributed by atoms with Gasteiger partial charge in [-0.2, -0.15) is 9.29 Å². The third kappa shape index (κ3) is 4.36. The van der Waals surface area contributed by atoms with Gasteiger partial charge in [-0.05, 0) is 17.7 Å². The molecule has 0 radical (unpaired) electrons. The van der Waals surface area contributed by atoms with E-state index in [1.165, 1.54) is 11.1 Å². The summed E-state index contributed by atoms with van der Waals surface area (Å²) in [6.45, 7) is 7.03. The lowest BCUT2D eigenvalue weighted by atomic mass is 10.3. The van der Waals surface area contributed by atoms with Gasteiger partial charge in [0, 0.05) is 63.8 Å². The van der Waals surface area contributed by atoms with E-state index in [1.54, 1.807) is 15.6 Å². The molecular formula is C16H23ClN6O2S2. The van der Waals surface area contributed by atoms with Crippen LogP contribution in [0.25, 0.3) is 10.2 Å². The summed E-state index contributed by atoms with van der Waals surface area (Å²) in [5, 5.41) is 3.63. The first-order valence-electron chi connectivity index (χ1n) is 8.99. The van der Waals surface area contributed by atoms with Crippen LogP contribution < -0.4 is 10.2 Å². The largest absolute Gasteiger partial charge is 0.353 e. The summed E-state index contributed by atoms with van der Waals surface area (Å²) in [7, 11) is -3.10. The van der Waals surface area contributed by atoms with Crippen molar-refractivity contribution in [2.24, 2.45) is 0 Å². The van der Waals surface area contributed by atoms with Gasteiger partial charge in [0.1, 0.15) is 0 Å². The van der Waals surface area contributed by atoms with Crippen LogP contribution in [0.15, 0.2) is 6.07 Å². The highest BCUT2D eigenvalue weighted by Crippen LogP contribution is 2.33. The fourth-order valence-corrected chi connectivity index (χ4v) is 5.70. The Labute approximate surface area is 168 Å². The Morgan fingerprint density at radius 1 is 1.15 bits per heavy atom. The molecule has 2 fully saturated rings. The van der Waals surface area contributed by atoms with Crippen molar-refractivity contribution in [2.45, 2.75) is 6.54 Å². The number of aromatic nitrogens is 2. The van der Waals surface area contributed by atoms with Crippen LogP contribution in [0, 0.1) is 0 Å². The van der Waals surface area contributed by atoms with Crippen LogP contribution in [0.4, 0.5) is 5.82 Å². The van der Waals surface area contributed by atoms with E-state index in [-0.39, 0.29) is 5.28 Å². The van der Waals surface area contributed by atoms with Crippen molar-refractivity contribution in [3.05, 3.63) is 16.2 Å². The first-order chi connectivity index (χ1) is 12.9. The van der Waals surface area contributed by atoms with E-state index in [2.05, 4.69) is 31.2 Å². The van der Waals surface area contributed by atoms with Crippen LogP contribution >= 0.6 is 22.9 Å². The molecule has 0 atom stereocenters. The number of halogens is 1. The first kappa shape index (κ1) is 19.3. The standard InChI is InChI=1S/C16H23ClN6O2S2/c1-27(24,25)23-8-6-21(7-9-23)11-12-10-13-14(26-12)15(20-16(17)19-13)22-4-2-18-3-5-22/h10,18H,2-9,11H2,1H3. The van der Waals surface area contributed by atoms with Crippen LogP contribution in [0.1, 0.15) is 4.88 Å². The van der Waals surface area contributed by atoms with Gasteiger partial charge in [0.15, 0.2) is 5.82 Å². The Kier molecular flexibility index (Phi) is 5.55. The summed E-state index contributed by atoms with van der Waals surface area (Å²) < 4.78 is 25.9. The predicted octanol–water partition coefficient (Wildman–Crippen LogP) is 0.831. The number of piperazine rings is 2. The van der Waals surface area contributed by atoms with Crippen molar-refractivity contribution in [3.63, 3.8) is 0 Å². The fourth-order valence-electron chi connectivity index (χ4n) is 3.55. The zero-order valence-corrected chi connectivity index (χ0v) is 17.6. The van der Waals surface area contributed by atoms with Gasteiger partial charge in [-0.25, -0.2) is 13.4 Å². The Balaban J connectivity index is 1.52. The molecule has 0 bridgehead atoms. The van der Waals surface area contributed by atoms with Crippen molar-refractivity contribution in [1.29, 1.82) is 0 Å². The van der Waals surface area contributed by atoms with E-state index in [0.29, 0.717) is 13.1 Å². The SMILES string of the molecule is CS(=O)(=O)N1CCN(Cc2cc3nc(Cl)nc(N4CCNCC4)c3s2)CC1. The molecule has 2 saturated heterocycles. The molecule has 0 spiro atoms.